The average molecular weight is 640 g/mol. The fourth-order valence-electron chi connectivity index (χ4n) is 12.1. The second kappa shape index (κ2) is 10.7. The van der Waals surface area contributed by atoms with E-state index >= 15 is 0 Å². The lowest BCUT2D eigenvalue weighted by Crippen LogP contribution is -2.89. The highest BCUT2D eigenvalue weighted by Crippen LogP contribution is 2.74. The van der Waals surface area contributed by atoms with E-state index in [2.05, 4.69) is 15.8 Å². The largest absolute Gasteiger partial charge is 0.453 e. The van der Waals surface area contributed by atoms with Gasteiger partial charge < -0.3 is 34.5 Å². The van der Waals surface area contributed by atoms with Gasteiger partial charge in [0.2, 0.25) is 5.91 Å². The maximum atomic E-state index is 14.3. The quantitative estimate of drug-likeness (QED) is 0.330. The number of esters is 1. The monoisotopic (exact) mass is 639 g/mol. The van der Waals surface area contributed by atoms with Gasteiger partial charge in [-0.05, 0) is 57.6 Å². The molecule has 1 amide bonds. The number of para-hydroxylation sites is 1. The van der Waals surface area contributed by atoms with Crippen molar-refractivity contribution in [2.45, 2.75) is 124 Å². The number of anilines is 1. The van der Waals surface area contributed by atoms with E-state index in [1.165, 1.54) is 0 Å². The molecule has 0 aromatic heterocycles. The van der Waals surface area contributed by atoms with Crippen LogP contribution < -0.4 is 10.7 Å². The van der Waals surface area contributed by atoms with E-state index in [1.54, 1.807) is 39.5 Å². The number of ether oxygens (including phenoxy) is 4. The Labute approximate surface area is 270 Å². The molecule has 3 heterocycles. The van der Waals surface area contributed by atoms with E-state index < -0.39 is 46.4 Å². The van der Waals surface area contributed by atoms with E-state index in [0.29, 0.717) is 43.4 Å². The molecule has 252 valence electrons. The first-order valence-corrected chi connectivity index (χ1v) is 17.3. The van der Waals surface area contributed by atoms with Gasteiger partial charge in [0, 0.05) is 51.4 Å². The number of benzene rings is 1. The highest BCUT2D eigenvalue weighted by Gasteiger charge is 2.89. The smallest absolute Gasteiger partial charge is 0.340 e. The van der Waals surface area contributed by atoms with Crippen molar-refractivity contribution < 1.29 is 38.7 Å². The summed E-state index contributed by atoms with van der Waals surface area (Å²) in [5.41, 5.74) is -0.234. The van der Waals surface area contributed by atoms with Crippen LogP contribution in [0.2, 0.25) is 0 Å². The van der Waals surface area contributed by atoms with Crippen molar-refractivity contribution in [1.29, 1.82) is 0 Å². The number of hydrogen-bond donors (Lipinski definition) is 4. The maximum absolute atomic E-state index is 14.3. The molecule has 4 aliphatic carbocycles. The van der Waals surface area contributed by atoms with Crippen molar-refractivity contribution in [2.24, 2.45) is 23.7 Å². The number of fused-ring (bicyclic) bond motifs is 2. The number of methoxy groups -OCH3 is 3. The van der Waals surface area contributed by atoms with E-state index in [4.69, 9.17) is 18.9 Å². The Morgan fingerprint density at radius 1 is 0.978 bits per heavy atom. The number of rotatable bonds is 7. The van der Waals surface area contributed by atoms with Gasteiger partial charge in [0.1, 0.15) is 16.8 Å². The zero-order chi connectivity index (χ0) is 32.2. The molecule has 1 aromatic carbocycles. The van der Waals surface area contributed by atoms with Gasteiger partial charge in [-0.15, -0.1) is 0 Å². The number of amides is 1. The molecule has 3 aliphatic heterocycles. The minimum atomic E-state index is -1.53. The summed E-state index contributed by atoms with van der Waals surface area (Å²) in [4.78, 5) is 27.5. The summed E-state index contributed by atoms with van der Waals surface area (Å²) in [7, 11) is 4.99. The molecule has 7 fully saturated rings. The Morgan fingerprint density at radius 3 is 2.46 bits per heavy atom. The third kappa shape index (κ3) is 3.68. The van der Waals surface area contributed by atoms with Crippen molar-refractivity contribution in [2.75, 3.05) is 26.6 Å². The molecule has 11 nitrogen and oxygen atoms in total. The Balaban J connectivity index is 1.18. The molecule has 4 saturated carbocycles. The number of piperidine rings is 1. The van der Waals surface area contributed by atoms with Crippen LogP contribution >= 0.6 is 0 Å². The number of carbonyl (C=O) groups excluding carboxylic acids is 2. The lowest BCUT2D eigenvalue weighted by atomic mass is 9.52. The summed E-state index contributed by atoms with van der Waals surface area (Å²) in [6.45, 7) is 2.04. The second-order valence-electron chi connectivity index (χ2n) is 15.2. The summed E-state index contributed by atoms with van der Waals surface area (Å²) >= 11 is 0. The molecule has 1 aromatic rings. The predicted octanol–water partition coefficient (Wildman–Crippen LogP) is 2.79. The average Bonchev–Trinajstić information content (AvgIpc) is 3.48. The summed E-state index contributed by atoms with van der Waals surface area (Å²) < 4.78 is 25.0. The summed E-state index contributed by atoms with van der Waals surface area (Å²) in [5.74, 6) is -1.33. The first-order valence-electron chi connectivity index (χ1n) is 17.3. The second-order valence-corrected chi connectivity index (χ2v) is 15.2. The molecule has 8 rings (SSSR count). The number of nitrogens with one attached hydrogen (secondary N) is 2. The lowest BCUT2D eigenvalue weighted by Gasteiger charge is -2.70. The van der Waals surface area contributed by atoms with Crippen molar-refractivity contribution >= 4 is 17.6 Å². The minimum absolute atomic E-state index is 0.0449. The van der Waals surface area contributed by atoms with Crippen LogP contribution in [0, 0.1) is 23.7 Å². The molecular weight excluding hydrogens is 590 g/mol. The highest BCUT2D eigenvalue weighted by molar-refractivity contribution is 6.02. The van der Waals surface area contributed by atoms with Crippen LogP contribution in [0.1, 0.15) is 81.5 Å². The van der Waals surface area contributed by atoms with Crippen molar-refractivity contribution in [3.05, 3.63) is 29.8 Å². The van der Waals surface area contributed by atoms with E-state index in [9.17, 15) is 19.8 Å². The zero-order valence-corrected chi connectivity index (χ0v) is 27.4. The standard InChI is InChI=1S/C35H49N3O8/c1-19-32(46-31(40)21-12-8-9-13-23(21)36-30(39)20-10-6-5-7-11-20)15-14-28(44-3)34-25(32)17-27(38(34)37-19)33(41)18-24(43-2)22-16-26(34)35(33,42)29(22)45-4/h8-9,12-13,19-20,22,24-29,37,41-42H,5-7,10-11,14-18H2,1-4H3,(H,36,39)/t19-,22+,24-,25?,26?,27?,28-,29-,32+,33-,34?,35-/m0/s1. The van der Waals surface area contributed by atoms with Gasteiger partial charge in [0.05, 0.1) is 47.2 Å². The Hall–Kier alpha value is -2.12. The SMILES string of the molecule is CO[C@H]1C[C@]2(O)C3CC4C5(C6C[C@H]1[C@H](OC)[C@@]62O)[C@@H](OC)CC[C@@]4(OC(=O)c1ccccc1NC(=O)C1CCCCC1)[C@H](C)NN35. The normalized spacial score (nSPS) is 48.6. The molecule has 3 saturated heterocycles. The fraction of sp³-hybridized carbons (Fsp3) is 0.771. The third-order valence-electron chi connectivity index (χ3n) is 13.9. The molecule has 0 radical (unpaired) electrons. The van der Waals surface area contributed by atoms with Crippen LogP contribution in [0.25, 0.3) is 0 Å². The van der Waals surface area contributed by atoms with Gasteiger partial charge in [-0.2, -0.15) is 0 Å². The fourth-order valence-corrected chi connectivity index (χ4v) is 12.1. The van der Waals surface area contributed by atoms with Crippen molar-refractivity contribution in [1.82, 2.24) is 10.4 Å². The van der Waals surface area contributed by atoms with Crippen LogP contribution in [0.3, 0.4) is 0 Å². The Morgan fingerprint density at radius 2 is 1.74 bits per heavy atom. The van der Waals surface area contributed by atoms with Crippen LogP contribution in [0.15, 0.2) is 24.3 Å². The van der Waals surface area contributed by atoms with Crippen LogP contribution in [0.5, 0.6) is 0 Å². The first-order chi connectivity index (χ1) is 22.1. The predicted molar refractivity (Wildman–Crippen MR) is 167 cm³/mol. The minimum Gasteiger partial charge on any atom is -0.453 e. The van der Waals surface area contributed by atoms with Gasteiger partial charge in [0.15, 0.2) is 0 Å². The van der Waals surface area contributed by atoms with Gasteiger partial charge in [0.25, 0.3) is 0 Å². The molecule has 1 spiro atoms. The third-order valence-corrected chi connectivity index (χ3v) is 13.9. The zero-order valence-electron chi connectivity index (χ0n) is 27.4. The number of hydrogen-bond acceptors (Lipinski definition) is 10. The highest BCUT2D eigenvalue weighted by atomic mass is 16.6. The van der Waals surface area contributed by atoms with Crippen molar-refractivity contribution in [3.63, 3.8) is 0 Å². The van der Waals surface area contributed by atoms with Crippen LogP contribution in [-0.2, 0) is 23.7 Å². The van der Waals surface area contributed by atoms with Gasteiger partial charge in [-0.25, -0.2) is 15.2 Å². The molecule has 46 heavy (non-hydrogen) atoms. The summed E-state index contributed by atoms with van der Waals surface area (Å²) in [5, 5.41) is 30.8. The molecule has 5 unspecified atom stereocenters. The number of aliphatic hydroxyl groups is 2. The van der Waals surface area contributed by atoms with Gasteiger partial charge in [-0.1, -0.05) is 31.4 Å². The Bertz CT molecular complexity index is 1410. The molecule has 11 heteroatoms. The van der Waals surface area contributed by atoms with Crippen LogP contribution in [0.4, 0.5) is 5.69 Å². The van der Waals surface area contributed by atoms with E-state index in [-0.39, 0.29) is 41.9 Å². The Kier molecular flexibility index (Phi) is 7.24. The van der Waals surface area contributed by atoms with E-state index in [0.717, 1.165) is 32.1 Å². The van der Waals surface area contributed by atoms with E-state index in [1.807, 2.05) is 13.0 Å². The molecule has 13 atom stereocenters. The number of hydrazine groups is 1. The molecule has 7 aliphatic rings. The maximum Gasteiger partial charge on any atom is 0.340 e. The summed E-state index contributed by atoms with van der Waals surface area (Å²) in [6.07, 6.45) is 6.41. The van der Waals surface area contributed by atoms with Crippen molar-refractivity contribution in [3.8, 4) is 0 Å². The van der Waals surface area contributed by atoms with Gasteiger partial charge >= 0.3 is 5.97 Å². The van der Waals surface area contributed by atoms with Crippen LogP contribution in [-0.4, -0.2) is 101 Å². The molecule has 4 N–H and O–H groups in total. The lowest BCUT2D eigenvalue weighted by molar-refractivity contribution is -0.343. The summed E-state index contributed by atoms with van der Waals surface area (Å²) in [6, 6.07) is 6.36. The molecule has 7 bridgehead atoms. The van der Waals surface area contributed by atoms with Gasteiger partial charge in [-0.3, -0.25) is 4.79 Å². The molecular formula is C35H49N3O8. The number of carbonyl (C=O) groups is 2. The number of nitrogens with zero attached hydrogens (tertiary/aromatic N) is 1. The first kappa shape index (κ1) is 31.2. The topological polar surface area (TPSA) is 139 Å².